The zero-order valence-electron chi connectivity index (χ0n) is 9.51. The quantitative estimate of drug-likeness (QED) is 0.598. The van der Waals surface area contributed by atoms with E-state index in [2.05, 4.69) is 42.7 Å². The molecule has 2 amide bonds. The van der Waals surface area contributed by atoms with E-state index >= 15 is 0 Å². The third-order valence-electron chi connectivity index (χ3n) is 2.79. The maximum absolute atomic E-state index is 11.7. The minimum absolute atomic E-state index is 0.147. The summed E-state index contributed by atoms with van der Waals surface area (Å²) in [7, 11) is 0. The van der Waals surface area contributed by atoms with Crippen molar-refractivity contribution in [3.63, 3.8) is 0 Å². The first kappa shape index (κ1) is 14.0. The van der Waals surface area contributed by atoms with Crippen LogP contribution in [-0.4, -0.2) is 21.5 Å². The highest BCUT2D eigenvalue weighted by Gasteiger charge is 2.54. The lowest BCUT2D eigenvalue weighted by Crippen LogP contribution is -2.48. The average molecular weight is 356 g/mol. The molecule has 0 aliphatic heterocycles. The summed E-state index contributed by atoms with van der Waals surface area (Å²) in [5.41, 5.74) is 4.50. The molecule has 2 N–H and O–H groups in total. The minimum Gasteiger partial charge on any atom is -0.273 e. The molecule has 0 spiro atoms. The van der Waals surface area contributed by atoms with Gasteiger partial charge in [0.15, 0.2) is 0 Å². The normalized spacial score (nSPS) is 29.8. The third kappa shape index (κ3) is 2.97. The summed E-state index contributed by atoms with van der Waals surface area (Å²) in [6.07, 6.45) is 0.802. The standard InChI is InChI=1S/C10H16Br2N2O2/c1-5(2)7(12)8(15)13-14-9(16)10(3)4-6(10)11/h5-7H,4H2,1-3H3,(H,13,15)(H,14,16)/t6-,7-,10+/m0/s1. The van der Waals surface area contributed by atoms with E-state index in [4.69, 9.17) is 0 Å². The number of carbonyl (C=O) groups is 2. The van der Waals surface area contributed by atoms with Crippen LogP contribution in [0.15, 0.2) is 0 Å². The highest BCUT2D eigenvalue weighted by Crippen LogP contribution is 2.51. The second-order valence-electron chi connectivity index (χ2n) is 4.68. The first-order chi connectivity index (χ1) is 7.29. The number of carbonyl (C=O) groups excluding carboxylic acids is 2. The van der Waals surface area contributed by atoms with Gasteiger partial charge in [0.25, 0.3) is 5.91 Å². The van der Waals surface area contributed by atoms with Crippen molar-refractivity contribution in [2.45, 2.75) is 36.8 Å². The van der Waals surface area contributed by atoms with Crippen LogP contribution in [0.4, 0.5) is 0 Å². The van der Waals surface area contributed by atoms with Crippen LogP contribution in [0.1, 0.15) is 27.2 Å². The van der Waals surface area contributed by atoms with E-state index in [-0.39, 0.29) is 32.8 Å². The zero-order chi connectivity index (χ0) is 12.5. The second-order valence-corrected chi connectivity index (χ2v) is 6.77. The van der Waals surface area contributed by atoms with Gasteiger partial charge in [0, 0.05) is 4.83 Å². The van der Waals surface area contributed by atoms with E-state index in [9.17, 15) is 9.59 Å². The van der Waals surface area contributed by atoms with Crippen LogP contribution in [-0.2, 0) is 9.59 Å². The number of rotatable bonds is 3. The van der Waals surface area contributed by atoms with Gasteiger partial charge in [-0.1, -0.05) is 45.7 Å². The Morgan fingerprint density at radius 3 is 2.25 bits per heavy atom. The molecule has 6 heteroatoms. The van der Waals surface area contributed by atoms with E-state index in [1.54, 1.807) is 0 Å². The van der Waals surface area contributed by atoms with E-state index in [0.717, 1.165) is 6.42 Å². The Labute approximate surface area is 112 Å². The molecule has 0 saturated heterocycles. The largest absolute Gasteiger partial charge is 0.273 e. The third-order valence-corrected chi connectivity index (χ3v) is 5.60. The molecule has 4 nitrogen and oxygen atoms in total. The van der Waals surface area contributed by atoms with Crippen LogP contribution in [0.3, 0.4) is 0 Å². The monoisotopic (exact) mass is 354 g/mol. The predicted molar refractivity (Wildman–Crippen MR) is 69.3 cm³/mol. The SMILES string of the molecule is CC(C)[C@H](Br)C(=O)NNC(=O)[C@]1(C)C[C@@H]1Br. The molecule has 0 heterocycles. The lowest BCUT2D eigenvalue weighted by Gasteiger charge is -2.16. The lowest BCUT2D eigenvalue weighted by atomic mass is 10.1. The molecule has 1 fully saturated rings. The number of hydrazine groups is 1. The summed E-state index contributed by atoms with van der Waals surface area (Å²) < 4.78 is 0. The van der Waals surface area contributed by atoms with Crippen molar-refractivity contribution in [1.29, 1.82) is 0 Å². The zero-order valence-corrected chi connectivity index (χ0v) is 12.7. The highest BCUT2D eigenvalue weighted by atomic mass is 79.9. The Morgan fingerprint density at radius 1 is 1.38 bits per heavy atom. The van der Waals surface area contributed by atoms with E-state index in [0.29, 0.717) is 0 Å². The minimum atomic E-state index is -0.382. The Hall–Kier alpha value is -0.100. The Bertz CT molecular complexity index is 309. The van der Waals surface area contributed by atoms with Gasteiger partial charge in [-0.25, -0.2) is 0 Å². The number of hydrogen-bond acceptors (Lipinski definition) is 2. The van der Waals surface area contributed by atoms with Crippen LogP contribution in [0.5, 0.6) is 0 Å². The average Bonchev–Trinajstić information content (AvgIpc) is 2.83. The summed E-state index contributed by atoms with van der Waals surface area (Å²) in [6, 6.07) is 0. The molecule has 16 heavy (non-hydrogen) atoms. The van der Waals surface area contributed by atoms with Gasteiger partial charge >= 0.3 is 0 Å². The fourth-order valence-corrected chi connectivity index (χ4v) is 2.18. The summed E-state index contributed by atoms with van der Waals surface area (Å²) >= 11 is 6.64. The van der Waals surface area contributed by atoms with Crippen LogP contribution in [0, 0.1) is 11.3 Å². The van der Waals surface area contributed by atoms with Crippen LogP contribution in [0.25, 0.3) is 0 Å². The summed E-state index contributed by atoms with van der Waals surface area (Å²) in [4.78, 5) is 23.1. The lowest BCUT2D eigenvalue weighted by molar-refractivity contribution is -0.131. The number of nitrogens with one attached hydrogen (secondary N) is 2. The van der Waals surface area contributed by atoms with Gasteiger partial charge in [-0.2, -0.15) is 0 Å². The molecule has 3 atom stereocenters. The van der Waals surface area contributed by atoms with Gasteiger partial charge in [-0.15, -0.1) is 0 Å². The Balaban J connectivity index is 2.36. The second kappa shape index (κ2) is 5.04. The molecule has 1 saturated carbocycles. The molecule has 0 aromatic rings. The van der Waals surface area contributed by atoms with Gasteiger partial charge < -0.3 is 0 Å². The van der Waals surface area contributed by atoms with Crippen molar-refractivity contribution in [2.24, 2.45) is 11.3 Å². The molecular formula is C10H16Br2N2O2. The first-order valence-corrected chi connectivity index (χ1v) is 7.00. The maximum atomic E-state index is 11.7. The molecule has 0 bridgehead atoms. The maximum Gasteiger partial charge on any atom is 0.252 e. The number of hydrogen-bond donors (Lipinski definition) is 2. The van der Waals surface area contributed by atoms with Crippen molar-refractivity contribution in [3.05, 3.63) is 0 Å². The summed E-state index contributed by atoms with van der Waals surface area (Å²) in [5, 5.41) is 0. The van der Waals surface area contributed by atoms with Gasteiger partial charge in [-0.3, -0.25) is 20.4 Å². The number of alkyl halides is 2. The van der Waals surface area contributed by atoms with Crippen LogP contribution in [0.2, 0.25) is 0 Å². The van der Waals surface area contributed by atoms with Gasteiger partial charge in [0.1, 0.15) is 0 Å². The van der Waals surface area contributed by atoms with E-state index in [1.807, 2.05) is 20.8 Å². The number of halogens is 2. The molecule has 0 radical (unpaired) electrons. The van der Waals surface area contributed by atoms with Crippen molar-refractivity contribution in [3.8, 4) is 0 Å². The van der Waals surface area contributed by atoms with Crippen molar-refractivity contribution < 1.29 is 9.59 Å². The van der Waals surface area contributed by atoms with E-state index < -0.39 is 0 Å². The fourth-order valence-electron chi connectivity index (χ4n) is 1.18. The Morgan fingerprint density at radius 2 is 1.88 bits per heavy atom. The van der Waals surface area contributed by atoms with Gasteiger partial charge in [0.05, 0.1) is 10.2 Å². The summed E-state index contributed by atoms with van der Waals surface area (Å²) in [5.74, 6) is -0.192. The predicted octanol–water partition coefficient (Wildman–Crippen LogP) is 1.73. The first-order valence-electron chi connectivity index (χ1n) is 5.17. The molecule has 0 aromatic carbocycles. The fraction of sp³-hybridized carbons (Fsp3) is 0.800. The molecule has 92 valence electrons. The van der Waals surface area contributed by atoms with Gasteiger partial charge in [0.2, 0.25) is 5.91 Å². The van der Waals surface area contributed by atoms with E-state index in [1.165, 1.54) is 0 Å². The molecule has 0 aromatic heterocycles. The van der Waals surface area contributed by atoms with Crippen molar-refractivity contribution in [2.75, 3.05) is 0 Å². The topological polar surface area (TPSA) is 58.2 Å². The van der Waals surface area contributed by atoms with Crippen LogP contribution >= 0.6 is 31.9 Å². The smallest absolute Gasteiger partial charge is 0.252 e. The van der Waals surface area contributed by atoms with Crippen molar-refractivity contribution >= 4 is 43.7 Å². The van der Waals surface area contributed by atoms with Crippen LogP contribution < -0.4 is 10.9 Å². The molecule has 0 unspecified atom stereocenters. The highest BCUT2D eigenvalue weighted by molar-refractivity contribution is 9.10. The van der Waals surface area contributed by atoms with Crippen molar-refractivity contribution in [1.82, 2.24) is 10.9 Å². The molecule has 1 aliphatic rings. The molecule has 1 rings (SSSR count). The summed E-state index contributed by atoms with van der Waals surface area (Å²) in [6.45, 7) is 5.72. The molecular weight excluding hydrogens is 340 g/mol. The molecule has 1 aliphatic carbocycles. The Kier molecular flexibility index (Phi) is 4.40. The number of amides is 2. The van der Waals surface area contributed by atoms with Gasteiger partial charge in [-0.05, 0) is 19.3 Å².